The number of hydrogen-bond acceptors (Lipinski definition) is 3. The number of imidazole rings is 1. The molecule has 18 heavy (non-hydrogen) atoms. The predicted octanol–water partition coefficient (Wildman–Crippen LogP) is 2.63. The fraction of sp³-hybridized carbons (Fsp3) is 0.500. The molecule has 1 aliphatic heterocycles. The number of aryl methyl sites for hydroxylation is 1. The third kappa shape index (κ3) is 2.40. The Morgan fingerprint density at radius 2 is 2.50 bits per heavy atom. The van der Waals surface area contributed by atoms with Crippen LogP contribution in [0.25, 0.3) is 5.65 Å². The van der Waals surface area contributed by atoms with Gasteiger partial charge >= 0.3 is 0 Å². The normalized spacial score (nSPS) is 20.4. The lowest BCUT2D eigenvalue weighted by molar-refractivity contribution is 0.502. The number of rotatable bonds is 3. The van der Waals surface area contributed by atoms with Gasteiger partial charge in [0.2, 0.25) is 0 Å². The van der Waals surface area contributed by atoms with Crippen molar-refractivity contribution < 1.29 is 0 Å². The van der Waals surface area contributed by atoms with E-state index in [9.17, 15) is 0 Å². The molecule has 1 N–H and O–H groups in total. The molecule has 1 aliphatic rings. The van der Waals surface area contributed by atoms with E-state index in [0.717, 1.165) is 12.2 Å². The molecule has 96 valence electrons. The quantitative estimate of drug-likeness (QED) is 0.921. The van der Waals surface area contributed by atoms with Gasteiger partial charge in [-0.3, -0.25) is 0 Å². The van der Waals surface area contributed by atoms with Crippen LogP contribution in [0, 0.1) is 6.92 Å². The fourth-order valence-electron chi connectivity index (χ4n) is 2.48. The van der Waals surface area contributed by atoms with Crippen LogP contribution < -0.4 is 5.32 Å². The summed E-state index contributed by atoms with van der Waals surface area (Å²) in [5.74, 6) is 2.57. The van der Waals surface area contributed by atoms with Gasteiger partial charge in [0, 0.05) is 24.5 Å². The lowest BCUT2D eigenvalue weighted by Crippen LogP contribution is -2.33. The molecule has 0 radical (unpaired) electrons. The highest BCUT2D eigenvalue weighted by atomic mass is 32.2. The van der Waals surface area contributed by atoms with E-state index in [1.54, 1.807) is 0 Å². The first kappa shape index (κ1) is 12.1. The SMILES string of the molecule is Cc1cccn2c(CNC3CCCSC3)cnc12. The van der Waals surface area contributed by atoms with Crippen LogP contribution in [-0.4, -0.2) is 26.9 Å². The summed E-state index contributed by atoms with van der Waals surface area (Å²) in [5.41, 5.74) is 3.56. The molecule has 3 nitrogen and oxygen atoms in total. The third-order valence-corrected chi connectivity index (χ3v) is 4.76. The second-order valence-corrected chi connectivity index (χ2v) is 6.08. The molecule has 0 aromatic carbocycles. The van der Waals surface area contributed by atoms with Crippen molar-refractivity contribution in [1.29, 1.82) is 0 Å². The largest absolute Gasteiger partial charge is 0.308 e. The van der Waals surface area contributed by atoms with E-state index in [1.165, 1.54) is 35.6 Å². The van der Waals surface area contributed by atoms with Crippen molar-refractivity contribution in [3.63, 3.8) is 0 Å². The predicted molar refractivity (Wildman–Crippen MR) is 77.1 cm³/mol. The molecule has 3 heterocycles. The maximum atomic E-state index is 4.50. The van der Waals surface area contributed by atoms with Gasteiger partial charge in [-0.05, 0) is 37.1 Å². The molecule has 1 saturated heterocycles. The second kappa shape index (κ2) is 5.33. The van der Waals surface area contributed by atoms with Crippen LogP contribution in [0.5, 0.6) is 0 Å². The Balaban J connectivity index is 1.72. The smallest absolute Gasteiger partial charge is 0.139 e. The monoisotopic (exact) mass is 261 g/mol. The van der Waals surface area contributed by atoms with Crippen LogP contribution in [0.1, 0.15) is 24.1 Å². The molecule has 1 fully saturated rings. The summed E-state index contributed by atoms with van der Waals surface area (Å²) in [6.45, 7) is 3.02. The van der Waals surface area contributed by atoms with Gasteiger partial charge in [0.25, 0.3) is 0 Å². The van der Waals surface area contributed by atoms with Crippen LogP contribution in [0.2, 0.25) is 0 Å². The van der Waals surface area contributed by atoms with Crippen molar-refractivity contribution in [3.05, 3.63) is 35.8 Å². The highest BCUT2D eigenvalue weighted by molar-refractivity contribution is 7.99. The van der Waals surface area contributed by atoms with E-state index >= 15 is 0 Å². The Morgan fingerprint density at radius 1 is 1.56 bits per heavy atom. The second-order valence-electron chi connectivity index (χ2n) is 4.93. The summed E-state index contributed by atoms with van der Waals surface area (Å²) >= 11 is 2.06. The highest BCUT2D eigenvalue weighted by Crippen LogP contribution is 2.17. The van der Waals surface area contributed by atoms with Gasteiger partial charge in [-0.15, -0.1) is 0 Å². The average molecular weight is 261 g/mol. The maximum Gasteiger partial charge on any atom is 0.139 e. The van der Waals surface area contributed by atoms with E-state index < -0.39 is 0 Å². The van der Waals surface area contributed by atoms with Crippen LogP contribution in [0.4, 0.5) is 0 Å². The third-order valence-electron chi connectivity index (χ3n) is 3.54. The van der Waals surface area contributed by atoms with Gasteiger partial charge in [0.15, 0.2) is 0 Å². The molecule has 0 spiro atoms. The zero-order valence-corrected chi connectivity index (χ0v) is 11.5. The van der Waals surface area contributed by atoms with Crippen molar-refractivity contribution >= 4 is 17.4 Å². The zero-order valence-electron chi connectivity index (χ0n) is 10.7. The Morgan fingerprint density at radius 3 is 3.33 bits per heavy atom. The number of pyridine rings is 1. The molecule has 0 amide bonds. The van der Waals surface area contributed by atoms with Gasteiger partial charge in [0.1, 0.15) is 5.65 Å². The fourth-order valence-corrected chi connectivity index (χ4v) is 3.59. The molecular formula is C14H19N3S. The minimum Gasteiger partial charge on any atom is -0.308 e. The Labute approximate surface area is 112 Å². The molecule has 1 unspecified atom stereocenters. The number of hydrogen-bond donors (Lipinski definition) is 1. The van der Waals surface area contributed by atoms with Gasteiger partial charge in [-0.1, -0.05) is 6.07 Å². The molecule has 2 aromatic heterocycles. The summed E-state index contributed by atoms with van der Waals surface area (Å²) in [4.78, 5) is 4.50. The summed E-state index contributed by atoms with van der Waals surface area (Å²) in [6.07, 6.45) is 6.74. The van der Waals surface area contributed by atoms with Gasteiger partial charge in [-0.25, -0.2) is 4.98 Å². The zero-order chi connectivity index (χ0) is 12.4. The Kier molecular flexibility index (Phi) is 3.57. The van der Waals surface area contributed by atoms with Gasteiger partial charge in [-0.2, -0.15) is 11.8 Å². The Hall–Kier alpha value is -1.00. The first-order valence-corrected chi connectivity index (χ1v) is 7.73. The standard InChI is InChI=1S/C14H19N3S/c1-11-4-2-6-17-13(9-16-14(11)17)8-15-12-5-3-7-18-10-12/h2,4,6,9,12,15H,3,5,7-8,10H2,1H3. The lowest BCUT2D eigenvalue weighted by atomic mass is 10.2. The Bertz CT molecular complexity index is 529. The summed E-state index contributed by atoms with van der Waals surface area (Å²) in [7, 11) is 0. The lowest BCUT2D eigenvalue weighted by Gasteiger charge is -2.22. The molecule has 0 bridgehead atoms. The number of nitrogens with zero attached hydrogens (tertiary/aromatic N) is 2. The molecular weight excluding hydrogens is 242 g/mol. The molecule has 3 rings (SSSR count). The van der Waals surface area contributed by atoms with Gasteiger partial charge in [0.05, 0.1) is 11.9 Å². The van der Waals surface area contributed by atoms with Crippen LogP contribution in [0.3, 0.4) is 0 Å². The molecule has 0 aliphatic carbocycles. The maximum absolute atomic E-state index is 4.50. The minimum atomic E-state index is 0.666. The van der Waals surface area contributed by atoms with E-state index in [0.29, 0.717) is 6.04 Å². The van der Waals surface area contributed by atoms with Crippen molar-refractivity contribution in [3.8, 4) is 0 Å². The van der Waals surface area contributed by atoms with Crippen molar-refractivity contribution in [2.75, 3.05) is 11.5 Å². The van der Waals surface area contributed by atoms with E-state index in [4.69, 9.17) is 0 Å². The number of fused-ring (bicyclic) bond motifs is 1. The highest BCUT2D eigenvalue weighted by Gasteiger charge is 2.13. The summed E-state index contributed by atoms with van der Waals surface area (Å²) < 4.78 is 2.19. The average Bonchev–Trinajstić information content (AvgIpc) is 2.82. The molecule has 0 saturated carbocycles. The van der Waals surface area contributed by atoms with E-state index in [2.05, 4.69) is 51.7 Å². The first-order chi connectivity index (χ1) is 8.84. The van der Waals surface area contributed by atoms with Crippen molar-refractivity contribution in [2.24, 2.45) is 0 Å². The topological polar surface area (TPSA) is 29.3 Å². The number of aromatic nitrogens is 2. The number of nitrogens with one attached hydrogen (secondary N) is 1. The first-order valence-electron chi connectivity index (χ1n) is 6.57. The molecule has 4 heteroatoms. The van der Waals surface area contributed by atoms with Crippen molar-refractivity contribution in [1.82, 2.24) is 14.7 Å². The van der Waals surface area contributed by atoms with Crippen LogP contribution in [0.15, 0.2) is 24.5 Å². The summed E-state index contributed by atoms with van der Waals surface area (Å²) in [6, 6.07) is 4.86. The minimum absolute atomic E-state index is 0.666. The van der Waals surface area contributed by atoms with Crippen LogP contribution >= 0.6 is 11.8 Å². The van der Waals surface area contributed by atoms with Gasteiger partial charge < -0.3 is 9.72 Å². The molecule has 2 aromatic rings. The van der Waals surface area contributed by atoms with Crippen molar-refractivity contribution in [2.45, 2.75) is 32.4 Å². The molecule has 1 atom stereocenters. The summed E-state index contributed by atoms with van der Waals surface area (Å²) in [5, 5.41) is 3.65. The van der Waals surface area contributed by atoms with E-state index in [1.807, 2.05) is 6.20 Å². The van der Waals surface area contributed by atoms with Crippen LogP contribution in [-0.2, 0) is 6.54 Å². The van der Waals surface area contributed by atoms with E-state index in [-0.39, 0.29) is 0 Å². The number of thioether (sulfide) groups is 1.